The van der Waals surface area contributed by atoms with Crippen LogP contribution in [0.1, 0.15) is 28.4 Å². The van der Waals surface area contributed by atoms with Crippen molar-refractivity contribution < 1.29 is 18.7 Å². The molecule has 0 saturated heterocycles. The molecule has 0 aliphatic carbocycles. The van der Waals surface area contributed by atoms with Crippen LogP contribution in [0.3, 0.4) is 0 Å². The maximum absolute atomic E-state index is 12.8. The van der Waals surface area contributed by atoms with Crippen molar-refractivity contribution >= 4 is 11.8 Å². The fraction of sp³-hybridized carbons (Fsp3) is 0.222. The number of carbonyl (C=O) groups is 2. The average Bonchev–Trinajstić information content (AvgIpc) is 2.56. The molecule has 2 amide bonds. The van der Waals surface area contributed by atoms with Gasteiger partial charge in [0, 0.05) is 5.56 Å². The van der Waals surface area contributed by atoms with Crippen molar-refractivity contribution in [3.63, 3.8) is 0 Å². The summed E-state index contributed by atoms with van der Waals surface area (Å²) in [4.78, 5) is 24.1. The molecule has 0 saturated carbocycles. The van der Waals surface area contributed by atoms with Gasteiger partial charge in [0.25, 0.3) is 11.8 Å². The molecule has 5 nitrogen and oxygen atoms in total. The maximum atomic E-state index is 12.8. The number of rotatable bonds is 4. The van der Waals surface area contributed by atoms with E-state index in [1.165, 1.54) is 31.2 Å². The molecule has 0 aliphatic heterocycles. The standard InChI is InChI=1S/C18H19FN2O3/c1-11-4-5-12(2)16(10-11)18(23)21-20-17(22)13(3)24-15-8-6-14(19)7-9-15/h4-10,13H,1-3H3,(H,20,22)(H,21,23)/t13-/m0/s1. The zero-order valence-corrected chi connectivity index (χ0v) is 13.7. The third kappa shape index (κ3) is 4.55. The smallest absolute Gasteiger partial charge is 0.279 e. The summed E-state index contributed by atoms with van der Waals surface area (Å²) in [5, 5.41) is 0. The Hall–Kier alpha value is -2.89. The number of benzene rings is 2. The third-order valence-electron chi connectivity index (χ3n) is 3.43. The number of hydrogen-bond donors (Lipinski definition) is 2. The van der Waals surface area contributed by atoms with Crippen LogP contribution in [0, 0.1) is 19.7 Å². The van der Waals surface area contributed by atoms with Gasteiger partial charge in [0.1, 0.15) is 11.6 Å². The average molecular weight is 330 g/mol. The largest absolute Gasteiger partial charge is 0.481 e. The van der Waals surface area contributed by atoms with E-state index in [4.69, 9.17) is 4.74 Å². The molecule has 1 atom stereocenters. The van der Waals surface area contributed by atoms with E-state index in [2.05, 4.69) is 10.9 Å². The fourth-order valence-electron chi connectivity index (χ4n) is 2.04. The van der Waals surface area contributed by atoms with Crippen LogP contribution in [0.25, 0.3) is 0 Å². The summed E-state index contributed by atoms with van der Waals surface area (Å²) < 4.78 is 18.2. The zero-order chi connectivity index (χ0) is 17.7. The van der Waals surface area contributed by atoms with Crippen molar-refractivity contribution in [3.8, 4) is 5.75 Å². The molecular weight excluding hydrogens is 311 g/mol. The van der Waals surface area contributed by atoms with E-state index >= 15 is 0 Å². The molecule has 2 aromatic rings. The Morgan fingerprint density at radius 2 is 1.71 bits per heavy atom. The first-order valence-corrected chi connectivity index (χ1v) is 7.46. The van der Waals surface area contributed by atoms with Gasteiger partial charge in [-0.2, -0.15) is 0 Å². The van der Waals surface area contributed by atoms with Gasteiger partial charge >= 0.3 is 0 Å². The Kier molecular flexibility index (Phi) is 5.52. The van der Waals surface area contributed by atoms with Gasteiger partial charge in [0.05, 0.1) is 0 Å². The molecule has 0 heterocycles. The van der Waals surface area contributed by atoms with Crippen LogP contribution >= 0.6 is 0 Å². The first kappa shape index (κ1) is 17.5. The lowest BCUT2D eigenvalue weighted by molar-refractivity contribution is -0.128. The lowest BCUT2D eigenvalue weighted by Gasteiger charge is -2.15. The van der Waals surface area contributed by atoms with Crippen molar-refractivity contribution in [2.75, 3.05) is 0 Å². The highest BCUT2D eigenvalue weighted by Crippen LogP contribution is 2.13. The Balaban J connectivity index is 1.91. The second-order valence-electron chi connectivity index (χ2n) is 5.48. The van der Waals surface area contributed by atoms with Gasteiger partial charge in [-0.3, -0.25) is 20.4 Å². The van der Waals surface area contributed by atoms with Crippen molar-refractivity contribution in [2.24, 2.45) is 0 Å². The molecule has 0 aromatic heterocycles. The topological polar surface area (TPSA) is 67.4 Å². The number of nitrogens with one attached hydrogen (secondary N) is 2. The molecule has 126 valence electrons. The molecule has 0 fully saturated rings. The summed E-state index contributed by atoms with van der Waals surface area (Å²) in [5.74, 6) is -0.948. The van der Waals surface area contributed by atoms with Gasteiger partial charge in [-0.15, -0.1) is 0 Å². The highest BCUT2D eigenvalue weighted by atomic mass is 19.1. The van der Waals surface area contributed by atoms with E-state index in [0.717, 1.165) is 11.1 Å². The molecule has 0 spiro atoms. The Bertz CT molecular complexity index is 744. The van der Waals surface area contributed by atoms with Gasteiger partial charge in [-0.25, -0.2) is 4.39 Å². The van der Waals surface area contributed by atoms with Crippen LogP contribution in [0.2, 0.25) is 0 Å². The first-order valence-electron chi connectivity index (χ1n) is 7.46. The summed E-state index contributed by atoms with van der Waals surface area (Å²) >= 11 is 0. The van der Waals surface area contributed by atoms with Crippen LogP contribution < -0.4 is 15.6 Å². The predicted molar refractivity (Wildman–Crippen MR) is 88.0 cm³/mol. The van der Waals surface area contributed by atoms with E-state index in [9.17, 15) is 14.0 Å². The molecule has 0 aliphatic rings. The summed E-state index contributed by atoms with van der Waals surface area (Å²) in [6.45, 7) is 5.23. The Labute approximate surface area is 139 Å². The van der Waals surface area contributed by atoms with Gasteiger partial charge < -0.3 is 4.74 Å². The molecule has 0 unspecified atom stereocenters. The van der Waals surface area contributed by atoms with Crippen molar-refractivity contribution in [3.05, 3.63) is 65.0 Å². The third-order valence-corrected chi connectivity index (χ3v) is 3.43. The minimum absolute atomic E-state index is 0.361. The van der Waals surface area contributed by atoms with Crippen LogP contribution in [-0.4, -0.2) is 17.9 Å². The van der Waals surface area contributed by atoms with E-state index in [1.807, 2.05) is 26.0 Å². The van der Waals surface area contributed by atoms with Crippen molar-refractivity contribution in [2.45, 2.75) is 26.9 Å². The molecule has 2 rings (SSSR count). The van der Waals surface area contributed by atoms with Gasteiger partial charge in [-0.05, 0) is 56.7 Å². The highest BCUT2D eigenvalue weighted by Gasteiger charge is 2.16. The van der Waals surface area contributed by atoms with E-state index in [1.54, 1.807) is 6.07 Å². The van der Waals surface area contributed by atoms with Gasteiger partial charge in [0.2, 0.25) is 0 Å². The van der Waals surface area contributed by atoms with Crippen LogP contribution in [0.4, 0.5) is 4.39 Å². The number of aryl methyl sites for hydroxylation is 2. The lowest BCUT2D eigenvalue weighted by Crippen LogP contribution is -2.47. The number of hydrogen-bond acceptors (Lipinski definition) is 3. The minimum atomic E-state index is -0.852. The summed E-state index contributed by atoms with van der Waals surface area (Å²) in [5.41, 5.74) is 6.93. The summed E-state index contributed by atoms with van der Waals surface area (Å²) in [6.07, 6.45) is -0.852. The minimum Gasteiger partial charge on any atom is -0.481 e. The summed E-state index contributed by atoms with van der Waals surface area (Å²) in [7, 11) is 0. The zero-order valence-electron chi connectivity index (χ0n) is 13.7. The van der Waals surface area contributed by atoms with E-state index < -0.39 is 17.9 Å². The Morgan fingerprint density at radius 3 is 2.38 bits per heavy atom. The normalized spacial score (nSPS) is 11.5. The van der Waals surface area contributed by atoms with Gasteiger partial charge in [-0.1, -0.05) is 17.7 Å². The number of ether oxygens (including phenoxy) is 1. The molecule has 24 heavy (non-hydrogen) atoms. The first-order chi connectivity index (χ1) is 11.4. The van der Waals surface area contributed by atoms with Crippen LogP contribution in [0.5, 0.6) is 5.75 Å². The maximum Gasteiger partial charge on any atom is 0.279 e. The van der Waals surface area contributed by atoms with Crippen molar-refractivity contribution in [1.29, 1.82) is 0 Å². The number of carbonyl (C=O) groups excluding carboxylic acids is 2. The van der Waals surface area contributed by atoms with Crippen LogP contribution in [0.15, 0.2) is 42.5 Å². The quantitative estimate of drug-likeness (QED) is 0.847. The highest BCUT2D eigenvalue weighted by molar-refractivity contribution is 5.97. The second kappa shape index (κ2) is 7.59. The fourth-order valence-corrected chi connectivity index (χ4v) is 2.04. The lowest BCUT2D eigenvalue weighted by atomic mass is 10.1. The second-order valence-corrected chi connectivity index (χ2v) is 5.48. The molecule has 0 bridgehead atoms. The molecule has 2 N–H and O–H groups in total. The Morgan fingerprint density at radius 1 is 1.04 bits per heavy atom. The van der Waals surface area contributed by atoms with Crippen LogP contribution in [-0.2, 0) is 4.79 Å². The summed E-state index contributed by atoms with van der Waals surface area (Å²) in [6, 6.07) is 10.8. The SMILES string of the molecule is Cc1ccc(C)c(C(=O)NNC(=O)[C@H](C)Oc2ccc(F)cc2)c1. The van der Waals surface area contributed by atoms with E-state index in [-0.39, 0.29) is 5.82 Å². The van der Waals surface area contributed by atoms with E-state index in [0.29, 0.717) is 11.3 Å². The number of hydrazine groups is 1. The predicted octanol–water partition coefficient (Wildman–Crippen LogP) is 2.67. The molecular formula is C18H19FN2O3. The molecule has 0 radical (unpaired) electrons. The molecule has 6 heteroatoms. The van der Waals surface area contributed by atoms with Gasteiger partial charge in [0.15, 0.2) is 6.10 Å². The monoisotopic (exact) mass is 330 g/mol. The number of halogens is 1. The van der Waals surface area contributed by atoms with Crippen molar-refractivity contribution in [1.82, 2.24) is 10.9 Å². The molecule has 2 aromatic carbocycles. The number of amides is 2.